The largest absolute Gasteiger partial charge is 0.324 e. The number of hydrazine groups is 1. The molecule has 7 nitrogen and oxygen atoms in total. The number of hydrazone groups is 1. The predicted octanol–water partition coefficient (Wildman–Crippen LogP) is 1.47. The van der Waals surface area contributed by atoms with Gasteiger partial charge in [0.05, 0.1) is 0 Å². The average molecular weight is 341 g/mol. The molecule has 1 saturated carbocycles. The molecule has 2 aliphatic heterocycles. The molecule has 2 fully saturated rings. The van der Waals surface area contributed by atoms with E-state index in [-0.39, 0.29) is 24.4 Å². The van der Waals surface area contributed by atoms with Crippen molar-refractivity contribution in [2.75, 3.05) is 11.9 Å². The first-order chi connectivity index (χ1) is 12.1. The molecule has 0 bridgehead atoms. The second-order valence-electron chi connectivity index (χ2n) is 7.03. The monoisotopic (exact) mass is 341 g/mol. The smallest absolute Gasteiger partial charge is 0.267 e. The zero-order valence-corrected chi connectivity index (χ0v) is 14.3. The summed E-state index contributed by atoms with van der Waals surface area (Å²) in [5.74, 6) is -0.0290. The van der Waals surface area contributed by atoms with Gasteiger partial charge in [0.1, 0.15) is 18.9 Å². The van der Waals surface area contributed by atoms with Gasteiger partial charge in [0, 0.05) is 17.6 Å². The zero-order chi connectivity index (χ0) is 17.4. The number of rotatable bonds is 3. The van der Waals surface area contributed by atoms with Crippen molar-refractivity contribution in [3.05, 3.63) is 29.8 Å². The maximum absolute atomic E-state index is 12.9. The number of aryl methyl sites for hydroxylation is 1. The molecule has 3 atom stereocenters. The number of nitrogens with zero attached hydrogens (tertiary/aromatic N) is 3. The highest BCUT2D eigenvalue weighted by Gasteiger charge is 2.48. The van der Waals surface area contributed by atoms with E-state index in [0.717, 1.165) is 30.5 Å². The molecule has 132 valence electrons. The molecular weight excluding hydrogens is 318 g/mol. The Morgan fingerprint density at radius 3 is 2.96 bits per heavy atom. The Kier molecular flexibility index (Phi) is 4.17. The minimum atomic E-state index is -0.242. The van der Waals surface area contributed by atoms with E-state index in [2.05, 4.69) is 15.8 Å². The Hall–Kier alpha value is -2.41. The van der Waals surface area contributed by atoms with Gasteiger partial charge in [0.15, 0.2) is 0 Å². The molecule has 0 aromatic heterocycles. The fourth-order valence-electron chi connectivity index (χ4n) is 4.07. The first kappa shape index (κ1) is 16.1. The summed E-state index contributed by atoms with van der Waals surface area (Å²) in [6.07, 6.45) is 6.13. The van der Waals surface area contributed by atoms with E-state index < -0.39 is 0 Å². The van der Waals surface area contributed by atoms with Crippen LogP contribution in [0.1, 0.15) is 31.2 Å². The van der Waals surface area contributed by atoms with Crippen LogP contribution in [0.3, 0.4) is 0 Å². The van der Waals surface area contributed by atoms with Crippen molar-refractivity contribution in [2.45, 2.75) is 44.7 Å². The molecule has 2 N–H and O–H groups in total. The van der Waals surface area contributed by atoms with Crippen molar-refractivity contribution in [2.24, 2.45) is 11.0 Å². The lowest BCUT2D eigenvalue weighted by atomic mass is 9.81. The maximum Gasteiger partial charge on any atom is 0.267 e. The molecule has 7 heteroatoms. The number of para-hydroxylation sites is 1. The molecular formula is C18H23N5O2. The number of carbonyl (C=O) groups is 2. The molecule has 1 aromatic carbocycles. The van der Waals surface area contributed by atoms with Gasteiger partial charge in [-0.2, -0.15) is 5.10 Å². The highest BCUT2D eigenvalue weighted by Crippen LogP contribution is 2.35. The first-order valence-electron chi connectivity index (χ1n) is 8.89. The van der Waals surface area contributed by atoms with Gasteiger partial charge in [-0.3, -0.25) is 14.6 Å². The van der Waals surface area contributed by atoms with Crippen LogP contribution in [0.5, 0.6) is 0 Å². The quantitative estimate of drug-likeness (QED) is 0.873. The van der Waals surface area contributed by atoms with Crippen molar-refractivity contribution >= 4 is 23.8 Å². The highest BCUT2D eigenvalue weighted by atomic mass is 16.2. The number of hydrogen-bond acceptors (Lipinski definition) is 5. The van der Waals surface area contributed by atoms with Crippen LogP contribution in [-0.2, 0) is 9.59 Å². The van der Waals surface area contributed by atoms with Crippen LogP contribution in [0.15, 0.2) is 29.4 Å². The third-order valence-electron chi connectivity index (χ3n) is 5.37. The van der Waals surface area contributed by atoms with Crippen LogP contribution in [0, 0.1) is 12.8 Å². The summed E-state index contributed by atoms with van der Waals surface area (Å²) in [5, 5.41) is 10.2. The number of amides is 2. The van der Waals surface area contributed by atoms with Gasteiger partial charge in [-0.05, 0) is 31.4 Å². The number of fused-ring (bicyclic) bond motifs is 3. The van der Waals surface area contributed by atoms with E-state index in [1.165, 1.54) is 11.4 Å². The summed E-state index contributed by atoms with van der Waals surface area (Å²) in [6, 6.07) is 7.68. The molecule has 25 heavy (non-hydrogen) atoms. The van der Waals surface area contributed by atoms with Gasteiger partial charge >= 0.3 is 0 Å². The Balaban J connectivity index is 1.43. The Labute approximate surface area is 147 Å². The molecule has 3 unspecified atom stereocenters. The van der Waals surface area contributed by atoms with Crippen LogP contribution in [0.2, 0.25) is 0 Å². The van der Waals surface area contributed by atoms with Crippen LogP contribution in [-0.4, -0.2) is 46.8 Å². The normalized spacial score (nSPS) is 27.9. The van der Waals surface area contributed by atoms with Crippen molar-refractivity contribution in [3.8, 4) is 0 Å². The van der Waals surface area contributed by atoms with Gasteiger partial charge in [0.25, 0.3) is 5.91 Å². The average Bonchev–Trinajstić information content (AvgIpc) is 2.99. The molecule has 2 heterocycles. The molecule has 0 spiro atoms. The van der Waals surface area contributed by atoms with Crippen molar-refractivity contribution < 1.29 is 9.59 Å². The Morgan fingerprint density at radius 1 is 1.32 bits per heavy atom. The maximum atomic E-state index is 12.9. The molecule has 1 saturated heterocycles. The number of anilines is 1. The van der Waals surface area contributed by atoms with Crippen LogP contribution in [0.4, 0.5) is 5.69 Å². The van der Waals surface area contributed by atoms with Gasteiger partial charge in [-0.1, -0.05) is 31.0 Å². The molecule has 2 amide bonds. The van der Waals surface area contributed by atoms with Crippen molar-refractivity contribution in [1.29, 1.82) is 0 Å². The molecule has 0 radical (unpaired) electrons. The minimum absolute atomic E-state index is 0.0641. The minimum Gasteiger partial charge on any atom is -0.324 e. The SMILES string of the molecule is Cc1ccccc1NC(=O)CN1N=CN2NC3CCCCC3C2C1=O. The van der Waals surface area contributed by atoms with E-state index in [9.17, 15) is 9.59 Å². The van der Waals surface area contributed by atoms with Gasteiger partial charge in [-0.15, -0.1) is 0 Å². The summed E-state index contributed by atoms with van der Waals surface area (Å²) in [4.78, 5) is 25.2. The summed E-state index contributed by atoms with van der Waals surface area (Å²) < 4.78 is 0. The van der Waals surface area contributed by atoms with Crippen LogP contribution >= 0.6 is 0 Å². The number of carbonyl (C=O) groups excluding carboxylic acids is 2. The topological polar surface area (TPSA) is 77.0 Å². The zero-order valence-electron chi connectivity index (χ0n) is 14.3. The second kappa shape index (κ2) is 6.48. The molecule has 1 aliphatic carbocycles. The Bertz CT molecular complexity index is 719. The molecule has 3 aliphatic rings. The lowest BCUT2D eigenvalue weighted by molar-refractivity contribution is -0.140. The summed E-state index contributed by atoms with van der Waals surface area (Å²) in [5.41, 5.74) is 5.13. The van der Waals surface area contributed by atoms with Crippen LogP contribution in [0.25, 0.3) is 0 Å². The fraction of sp³-hybridized carbons (Fsp3) is 0.500. The summed E-state index contributed by atoms with van der Waals surface area (Å²) >= 11 is 0. The highest BCUT2D eigenvalue weighted by molar-refractivity contribution is 5.97. The van der Waals surface area contributed by atoms with Crippen molar-refractivity contribution in [3.63, 3.8) is 0 Å². The predicted molar refractivity (Wildman–Crippen MR) is 94.5 cm³/mol. The van der Waals surface area contributed by atoms with E-state index in [1.807, 2.05) is 36.2 Å². The Morgan fingerprint density at radius 2 is 2.12 bits per heavy atom. The number of benzene rings is 1. The lowest BCUT2D eigenvalue weighted by Gasteiger charge is -2.32. The standard InChI is InChI=1S/C18H23N5O2/c1-12-6-2-4-8-14(12)20-16(24)10-22-18(25)17-13-7-3-5-9-15(13)21-23(17)11-19-22/h2,4,6,8,11,13,15,17,21H,3,5,7,9-10H2,1H3,(H,20,24). The van der Waals surface area contributed by atoms with Gasteiger partial charge in [-0.25, -0.2) is 10.4 Å². The van der Waals surface area contributed by atoms with E-state index in [0.29, 0.717) is 12.0 Å². The fourth-order valence-corrected chi connectivity index (χ4v) is 4.07. The van der Waals surface area contributed by atoms with Gasteiger partial charge in [0.2, 0.25) is 5.91 Å². The lowest BCUT2D eigenvalue weighted by Crippen LogP contribution is -2.53. The molecule has 4 rings (SSSR count). The second-order valence-corrected chi connectivity index (χ2v) is 7.03. The van der Waals surface area contributed by atoms with Gasteiger partial charge < -0.3 is 5.32 Å². The number of hydrogen-bond donors (Lipinski definition) is 2. The van der Waals surface area contributed by atoms with E-state index >= 15 is 0 Å². The van der Waals surface area contributed by atoms with Crippen LogP contribution < -0.4 is 10.7 Å². The summed E-state index contributed by atoms with van der Waals surface area (Å²) in [6.45, 7) is 1.87. The third-order valence-corrected chi connectivity index (χ3v) is 5.37. The molecule has 1 aromatic rings. The number of nitrogens with one attached hydrogen (secondary N) is 2. The third kappa shape index (κ3) is 3.00. The summed E-state index contributed by atoms with van der Waals surface area (Å²) in [7, 11) is 0. The van der Waals surface area contributed by atoms with E-state index in [4.69, 9.17) is 0 Å². The first-order valence-corrected chi connectivity index (χ1v) is 8.89. The van der Waals surface area contributed by atoms with Crippen molar-refractivity contribution in [1.82, 2.24) is 15.4 Å². The van der Waals surface area contributed by atoms with E-state index in [1.54, 1.807) is 6.34 Å².